The Morgan fingerprint density at radius 1 is 0.405 bits per heavy atom. The van der Waals surface area contributed by atoms with Gasteiger partial charge in [0, 0.05) is 45.1 Å². The number of aromatic hydroxyl groups is 1. The number of phenolic OH excluding ortho intramolecular Hbond substituents is 1. The van der Waals surface area contributed by atoms with Crippen molar-refractivity contribution in [1.82, 2.24) is 4.44 Å². The summed E-state index contributed by atoms with van der Waals surface area (Å²) in [7, 11) is 1.04. The molecule has 0 fully saturated rings. The molecule has 0 aliphatic heterocycles. The van der Waals surface area contributed by atoms with E-state index < -0.39 is 16.4 Å². The predicted molar refractivity (Wildman–Crippen MR) is 316 cm³/mol. The number of fused-ring (bicyclic) bond motifs is 8. The molecular weight excluding hydrogens is 945 g/mol. The highest BCUT2D eigenvalue weighted by molar-refractivity contribution is 7.80. The number of nitrogens with zero attached hydrogens (tertiary/aromatic N) is 1. The standard InChI is InChI=1S/C67H81NO4P2/c1-44(2)68(73(57-26-20-17-21-27-57)58-28-22-18-23-29-58)74(59-30-24-19-25-31-59)72-63-51-34-49-40-54(65(6,7)8)38-47(61(49)70-15)32-45-36-53(64(3,4)5)37-46(60(45)69)33-48-39-55(66(9,10)11)41-50(62(48)71-16)35-52(63)43-56(42-51)67(12,13)14/h17-31,36-44,69H,32-35H2,1-16H3. The van der Waals surface area contributed by atoms with E-state index in [1.54, 1.807) is 14.2 Å². The molecule has 0 aromatic heterocycles. The normalized spacial score (nSPS) is 13.8. The lowest BCUT2D eigenvalue weighted by Crippen LogP contribution is -2.34. The first-order valence-electron chi connectivity index (χ1n) is 26.5. The van der Waals surface area contributed by atoms with Gasteiger partial charge in [-0.15, -0.1) is 0 Å². The summed E-state index contributed by atoms with van der Waals surface area (Å²) in [5, 5.41) is 16.3. The Hall–Kier alpha value is -5.44. The second kappa shape index (κ2) is 21.7. The van der Waals surface area contributed by atoms with Crippen LogP contribution in [0.15, 0.2) is 140 Å². The number of rotatable bonds is 10. The summed E-state index contributed by atoms with van der Waals surface area (Å²) in [5.74, 6) is 2.90. The van der Waals surface area contributed by atoms with Gasteiger partial charge < -0.3 is 19.1 Å². The first kappa shape index (κ1) is 54.8. The average Bonchev–Trinajstić information content (AvgIpc) is 3.33. The van der Waals surface area contributed by atoms with Crippen LogP contribution in [0.2, 0.25) is 0 Å². The van der Waals surface area contributed by atoms with Gasteiger partial charge in [0.15, 0.2) is 0 Å². The number of methoxy groups -OCH3 is 2. The van der Waals surface area contributed by atoms with Gasteiger partial charge in [0.05, 0.1) is 14.2 Å². The van der Waals surface area contributed by atoms with Crippen molar-refractivity contribution in [2.45, 2.75) is 150 Å². The molecule has 5 nitrogen and oxygen atoms in total. The average molecular weight is 1030 g/mol. The second-order valence-electron chi connectivity index (χ2n) is 24.7. The second-order valence-corrected chi connectivity index (χ2v) is 28.8. The lowest BCUT2D eigenvalue weighted by Gasteiger charge is -2.41. The van der Waals surface area contributed by atoms with Gasteiger partial charge in [0.2, 0.25) is 8.30 Å². The highest BCUT2D eigenvalue weighted by Crippen LogP contribution is 2.58. The molecule has 8 bridgehead atoms. The first-order valence-corrected chi connectivity index (χ1v) is 29.0. The van der Waals surface area contributed by atoms with E-state index in [1.165, 1.54) is 32.9 Å². The van der Waals surface area contributed by atoms with E-state index in [2.05, 4.69) is 241 Å². The smallest absolute Gasteiger partial charge is 0.201 e. The van der Waals surface area contributed by atoms with E-state index in [0.29, 0.717) is 31.4 Å². The number of phenols is 1. The van der Waals surface area contributed by atoms with E-state index in [0.717, 1.165) is 67.1 Å². The highest BCUT2D eigenvalue weighted by Gasteiger charge is 2.37. The van der Waals surface area contributed by atoms with Gasteiger partial charge >= 0.3 is 0 Å². The first-order chi connectivity index (χ1) is 34.8. The Kier molecular flexibility index (Phi) is 16.0. The fourth-order valence-corrected chi connectivity index (χ4v) is 15.7. The molecule has 0 spiro atoms. The van der Waals surface area contributed by atoms with E-state index in [4.69, 9.17) is 14.0 Å². The van der Waals surface area contributed by atoms with Crippen LogP contribution in [0, 0.1) is 0 Å². The number of hydrogen-bond donors (Lipinski definition) is 1. The van der Waals surface area contributed by atoms with Crippen LogP contribution in [0.3, 0.4) is 0 Å². The Balaban J connectivity index is 1.50. The van der Waals surface area contributed by atoms with Crippen molar-refractivity contribution in [3.8, 4) is 23.0 Å². The third-order valence-corrected chi connectivity index (χ3v) is 19.8. The molecule has 0 radical (unpaired) electrons. The molecule has 388 valence electrons. The van der Waals surface area contributed by atoms with Gasteiger partial charge in [-0.25, -0.2) is 4.44 Å². The maximum absolute atomic E-state index is 12.6. The number of ether oxygens (including phenoxy) is 2. The lowest BCUT2D eigenvalue weighted by atomic mass is 9.79. The Morgan fingerprint density at radius 2 is 0.676 bits per heavy atom. The molecule has 0 heterocycles. The Labute approximate surface area is 447 Å². The lowest BCUT2D eigenvalue weighted by molar-refractivity contribution is 0.403. The van der Waals surface area contributed by atoms with Crippen LogP contribution < -0.4 is 29.9 Å². The highest BCUT2D eigenvalue weighted by atomic mass is 31.2. The molecular formula is C67H81NO4P2. The zero-order valence-electron chi connectivity index (χ0n) is 47.2. The van der Waals surface area contributed by atoms with Gasteiger partial charge in [-0.1, -0.05) is 210 Å². The van der Waals surface area contributed by atoms with Crippen LogP contribution in [0.1, 0.15) is 164 Å². The van der Waals surface area contributed by atoms with E-state index in [-0.39, 0.29) is 27.7 Å². The van der Waals surface area contributed by atoms with Crippen molar-refractivity contribution in [3.63, 3.8) is 0 Å². The fourth-order valence-electron chi connectivity index (χ4n) is 10.2. The number of hydrogen-bond acceptors (Lipinski definition) is 5. The quantitative estimate of drug-likeness (QED) is 0.138. The zero-order valence-corrected chi connectivity index (χ0v) is 49.0. The minimum Gasteiger partial charge on any atom is -0.507 e. The molecule has 0 saturated carbocycles. The van der Waals surface area contributed by atoms with Crippen molar-refractivity contribution in [3.05, 3.63) is 206 Å². The zero-order chi connectivity index (χ0) is 53.5. The summed E-state index contributed by atoms with van der Waals surface area (Å²) >= 11 is 0. The molecule has 0 amide bonds. The van der Waals surface area contributed by atoms with Crippen molar-refractivity contribution in [2.24, 2.45) is 0 Å². The molecule has 0 saturated heterocycles. The van der Waals surface area contributed by atoms with Gasteiger partial charge in [-0.3, -0.25) is 0 Å². The van der Waals surface area contributed by atoms with Crippen LogP contribution in [-0.4, -0.2) is 29.8 Å². The van der Waals surface area contributed by atoms with Crippen molar-refractivity contribution in [1.29, 1.82) is 0 Å². The van der Waals surface area contributed by atoms with E-state index >= 15 is 0 Å². The molecule has 1 unspecified atom stereocenters. The summed E-state index contributed by atoms with van der Waals surface area (Å²) in [4.78, 5) is 0. The van der Waals surface area contributed by atoms with E-state index in [9.17, 15) is 5.11 Å². The summed E-state index contributed by atoms with van der Waals surface area (Å²) in [5.41, 5.74) is 12.4. The predicted octanol–water partition coefficient (Wildman–Crippen LogP) is 16.1. The van der Waals surface area contributed by atoms with Crippen LogP contribution in [0.5, 0.6) is 23.0 Å². The van der Waals surface area contributed by atoms with Crippen molar-refractivity contribution < 1.29 is 19.1 Å². The van der Waals surface area contributed by atoms with Gasteiger partial charge in [-0.2, -0.15) is 0 Å². The molecule has 8 rings (SSSR count). The Bertz CT molecular complexity index is 2920. The third kappa shape index (κ3) is 12.0. The van der Waals surface area contributed by atoms with E-state index in [1.807, 2.05) is 0 Å². The Morgan fingerprint density at radius 3 is 0.959 bits per heavy atom. The number of benzene rings is 7. The minimum atomic E-state index is -1.50. The molecule has 1 aliphatic carbocycles. The molecule has 1 atom stereocenters. The monoisotopic (exact) mass is 1030 g/mol. The van der Waals surface area contributed by atoms with Crippen LogP contribution in [0.25, 0.3) is 0 Å². The van der Waals surface area contributed by atoms with Crippen LogP contribution >= 0.6 is 16.4 Å². The molecule has 7 aromatic carbocycles. The largest absolute Gasteiger partial charge is 0.507 e. The van der Waals surface area contributed by atoms with Gasteiger partial charge in [0.1, 0.15) is 23.0 Å². The third-order valence-electron chi connectivity index (χ3n) is 14.4. The SMILES string of the molecule is COc1c2cc(C(C)(C)C)cc1Cc1cc(C(C)(C)C)cc(c1OP(c1ccccc1)N(C(C)C)P(c1ccccc1)c1ccccc1)Cc1cc(C(C)(C)C)cc(c1OC)Cc1cc(C(C)(C)C)cc(c1O)C2. The van der Waals surface area contributed by atoms with Gasteiger partial charge in [-0.05, 0) is 125 Å². The summed E-state index contributed by atoms with van der Waals surface area (Å²) in [6, 6.07) is 51.7. The van der Waals surface area contributed by atoms with Crippen molar-refractivity contribution >= 4 is 32.3 Å². The maximum atomic E-state index is 12.6. The molecule has 1 N–H and O–H groups in total. The molecule has 7 heteroatoms. The van der Waals surface area contributed by atoms with Crippen LogP contribution in [0.4, 0.5) is 0 Å². The van der Waals surface area contributed by atoms with Crippen LogP contribution in [-0.2, 0) is 47.3 Å². The summed E-state index contributed by atoms with van der Waals surface area (Å²) in [6.07, 6.45) is 2.10. The summed E-state index contributed by atoms with van der Waals surface area (Å²) < 4.78 is 24.1. The fraction of sp³-hybridized carbons (Fsp3) is 0.373. The molecule has 7 aromatic rings. The van der Waals surface area contributed by atoms with Gasteiger partial charge in [0.25, 0.3) is 0 Å². The minimum absolute atomic E-state index is 0.101. The topological polar surface area (TPSA) is 51.2 Å². The maximum Gasteiger partial charge on any atom is 0.201 e. The molecule has 74 heavy (non-hydrogen) atoms. The summed E-state index contributed by atoms with van der Waals surface area (Å²) in [6.45, 7) is 32.1. The molecule has 1 aliphatic rings. The van der Waals surface area contributed by atoms with Crippen molar-refractivity contribution in [2.75, 3.05) is 14.2 Å².